The maximum Gasteiger partial charge on any atom is 0.145 e. The zero-order valence-electron chi connectivity index (χ0n) is 7.18. The summed E-state index contributed by atoms with van der Waals surface area (Å²) in [5.41, 5.74) is 0. The van der Waals surface area contributed by atoms with Crippen LogP contribution in [0.4, 0.5) is 0 Å². The number of hydrogen-bond donors (Lipinski definition) is 0. The lowest BCUT2D eigenvalue weighted by molar-refractivity contribution is -0.856. The van der Waals surface area contributed by atoms with Gasteiger partial charge in [-0.2, -0.15) is 0 Å². The molecule has 11 heavy (non-hydrogen) atoms. The van der Waals surface area contributed by atoms with Crippen molar-refractivity contribution in [1.29, 1.82) is 0 Å². The average molecular weight is 262 g/mol. The van der Waals surface area contributed by atoms with E-state index in [2.05, 4.69) is 42.2 Å². The molecule has 0 aliphatic heterocycles. The Hall–Kier alpha value is -0.0500. The Bertz CT molecular complexity index is 193. The number of rotatable bonds is 3. The van der Waals surface area contributed by atoms with Crippen LogP contribution in [0, 0.1) is 3.57 Å². The number of halogens is 1. The molecule has 0 aliphatic carbocycles. The van der Waals surface area contributed by atoms with Crippen molar-refractivity contribution in [3.63, 3.8) is 0 Å². The molecule has 0 N–H and O–H groups in total. The summed E-state index contributed by atoms with van der Waals surface area (Å²) < 4.78 is 3.08. The first-order chi connectivity index (χ1) is 5.34. The quantitative estimate of drug-likeness (QED) is 0.510. The maximum absolute atomic E-state index is 2.45. The second-order valence-electron chi connectivity index (χ2n) is 2.57. The Morgan fingerprint density at radius 1 is 1.18 bits per heavy atom. The van der Waals surface area contributed by atoms with Gasteiger partial charge in [-0.25, -0.2) is 0 Å². The van der Waals surface area contributed by atoms with Crippen LogP contribution in [0.2, 0.25) is 0 Å². The number of hydrogen-bond acceptors (Lipinski definition) is 0. The summed E-state index contributed by atoms with van der Waals surface area (Å²) in [4.78, 5) is 2.45. The molecule has 0 aromatic heterocycles. The van der Waals surface area contributed by atoms with Crippen LogP contribution in [0.25, 0.3) is 0 Å². The Morgan fingerprint density at radius 3 is 2.36 bits per heavy atom. The molecular formula is C10H15I+. The molecule has 1 aromatic carbocycles. The second-order valence-corrected chi connectivity index (χ2v) is 8.27. The summed E-state index contributed by atoms with van der Waals surface area (Å²) in [5.74, 6) is 0. The van der Waals surface area contributed by atoms with Crippen molar-refractivity contribution in [2.24, 2.45) is 0 Å². The smallest absolute Gasteiger partial charge is 0.0620 e. The zero-order valence-corrected chi connectivity index (χ0v) is 9.34. The minimum Gasteiger partial charge on any atom is -0.0620 e. The van der Waals surface area contributed by atoms with Gasteiger partial charge in [-0.15, -0.1) is 0 Å². The molecule has 1 heteroatoms. The van der Waals surface area contributed by atoms with Gasteiger partial charge in [0.05, 0.1) is 24.7 Å². The zero-order chi connectivity index (χ0) is 8.10. The van der Waals surface area contributed by atoms with E-state index in [1.54, 1.807) is 3.57 Å². The van der Waals surface area contributed by atoms with E-state index in [0.717, 1.165) is 0 Å². The van der Waals surface area contributed by atoms with Gasteiger partial charge >= 0.3 is 0 Å². The van der Waals surface area contributed by atoms with Crippen LogP contribution in [0.3, 0.4) is 0 Å². The SMILES string of the molecule is CCC[I+](C)c1ccccc1. The summed E-state index contributed by atoms with van der Waals surface area (Å²) in [6.07, 6.45) is 1.34. The van der Waals surface area contributed by atoms with Gasteiger partial charge in [0.2, 0.25) is 0 Å². The Morgan fingerprint density at radius 2 is 1.82 bits per heavy atom. The van der Waals surface area contributed by atoms with Crippen molar-refractivity contribution < 1.29 is 19.8 Å². The monoisotopic (exact) mass is 262 g/mol. The molecule has 0 fully saturated rings. The molecule has 0 nitrogen and oxygen atoms in total. The number of benzene rings is 1. The third kappa shape index (κ3) is 2.81. The van der Waals surface area contributed by atoms with Crippen LogP contribution in [-0.4, -0.2) is 9.36 Å². The predicted octanol–water partition coefficient (Wildman–Crippen LogP) is -0.479. The van der Waals surface area contributed by atoms with Crippen LogP contribution in [0.1, 0.15) is 13.3 Å². The van der Waals surface area contributed by atoms with E-state index in [0.29, 0.717) is 0 Å². The van der Waals surface area contributed by atoms with Crippen molar-refractivity contribution in [3.05, 3.63) is 33.9 Å². The Kier molecular flexibility index (Phi) is 3.91. The Balaban J connectivity index is 2.61. The molecule has 0 unspecified atom stereocenters. The van der Waals surface area contributed by atoms with Crippen molar-refractivity contribution in [3.8, 4) is 0 Å². The molecule has 0 bridgehead atoms. The molecule has 1 radical (unpaired) electrons. The lowest BCUT2D eigenvalue weighted by atomic mass is 10.4. The highest BCUT2D eigenvalue weighted by Gasteiger charge is 2.13. The fourth-order valence-electron chi connectivity index (χ4n) is 1.02. The lowest BCUT2D eigenvalue weighted by Gasteiger charge is -1.97. The van der Waals surface area contributed by atoms with Crippen LogP contribution in [0.5, 0.6) is 0 Å². The lowest BCUT2D eigenvalue weighted by Crippen LogP contribution is -3.85. The van der Waals surface area contributed by atoms with E-state index in [1.807, 2.05) is 0 Å². The van der Waals surface area contributed by atoms with E-state index in [1.165, 1.54) is 10.8 Å². The van der Waals surface area contributed by atoms with Gasteiger partial charge in [0.25, 0.3) is 0 Å². The van der Waals surface area contributed by atoms with Crippen molar-refractivity contribution in [2.75, 3.05) is 9.36 Å². The highest BCUT2D eigenvalue weighted by molar-refractivity contribution is 4.99. The third-order valence-electron chi connectivity index (χ3n) is 1.58. The largest absolute Gasteiger partial charge is 0.145 e. The maximum atomic E-state index is 2.45. The fraction of sp³-hybridized carbons (Fsp3) is 0.400. The van der Waals surface area contributed by atoms with Gasteiger partial charge in [0, 0.05) is 0 Å². The summed E-state index contributed by atoms with van der Waals surface area (Å²) in [5, 5.41) is 0. The van der Waals surface area contributed by atoms with E-state index in [4.69, 9.17) is 0 Å². The molecule has 0 spiro atoms. The van der Waals surface area contributed by atoms with E-state index >= 15 is 0 Å². The van der Waals surface area contributed by atoms with Crippen molar-refractivity contribution in [1.82, 2.24) is 0 Å². The molecule has 0 aliphatic rings. The predicted molar refractivity (Wildman–Crippen MR) is 46.2 cm³/mol. The van der Waals surface area contributed by atoms with Gasteiger partial charge in [-0.05, 0) is 18.6 Å². The van der Waals surface area contributed by atoms with Gasteiger partial charge < -0.3 is 0 Å². The molecule has 0 atom stereocenters. The standard InChI is InChI=1S/C10H15I/c1-3-9-11(2)10-7-5-4-6-8-10/h4-8H,3,9H2,1-2H3/q+1. The average Bonchev–Trinajstić information content (AvgIpc) is 2.07. The van der Waals surface area contributed by atoms with Crippen LogP contribution in [0.15, 0.2) is 30.3 Å². The third-order valence-corrected chi connectivity index (χ3v) is 7.12. The summed E-state index contributed by atoms with van der Waals surface area (Å²) in [7, 11) is 0. The van der Waals surface area contributed by atoms with Gasteiger partial charge in [-0.3, -0.25) is 0 Å². The highest BCUT2D eigenvalue weighted by atomic mass is 127. The molecule has 0 saturated heterocycles. The normalized spacial score (nSPS) is 10.5. The van der Waals surface area contributed by atoms with E-state index in [9.17, 15) is 0 Å². The van der Waals surface area contributed by atoms with E-state index < -0.39 is 19.8 Å². The molecular weight excluding hydrogens is 247 g/mol. The number of alkyl halides is 2. The molecule has 1 rings (SSSR count). The Labute approximate surface area is 76.4 Å². The molecule has 1 aromatic rings. The van der Waals surface area contributed by atoms with Crippen LogP contribution >= 0.6 is 0 Å². The minimum absolute atomic E-state index is 0.725. The van der Waals surface area contributed by atoms with Crippen LogP contribution in [-0.2, 0) is 0 Å². The second kappa shape index (κ2) is 4.75. The first-order valence-electron chi connectivity index (χ1n) is 3.95. The first-order valence-corrected chi connectivity index (χ1v) is 8.71. The molecule has 0 heterocycles. The summed E-state index contributed by atoms with van der Waals surface area (Å²) in [6.45, 7) is 2.27. The van der Waals surface area contributed by atoms with Crippen LogP contribution < -0.4 is 19.8 Å². The topological polar surface area (TPSA) is 0 Å². The minimum atomic E-state index is -0.725. The summed E-state index contributed by atoms with van der Waals surface area (Å²) in [6, 6.07) is 11.0. The van der Waals surface area contributed by atoms with Gasteiger partial charge in [0.1, 0.15) is 8.00 Å². The molecule has 0 amide bonds. The fourth-order valence-corrected chi connectivity index (χ4v) is 4.91. The molecule has 0 saturated carbocycles. The highest BCUT2D eigenvalue weighted by Crippen LogP contribution is 1.82. The van der Waals surface area contributed by atoms with Crippen molar-refractivity contribution in [2.45, 2.75) is 13.3 Å². The first kappa shape index (κ1) is 9.04. The summed E-state index contributed by atoms with van der Waals surface area (Å²) >= 11 is -0.725. The van der Waals surface area contributed by atoms with Gasteiger partial charge in [0.15, 0.2) is 0 Å². The van der Waals surface area contributed by atoms with Gasteiger partial charge in [-0.1, -0.05) is 25.1 Å². The van der Waals surface area contributed by atoms with E-state index in [-0.39, 0.29) is 0 Å². The molecule has 61 valence electrons. The van der Waals surface area contributed by atoms with Crippen molar-refractivity contribution >= 4 is 0 Å².